The van der Waals surface area contributed by atoms with Crippen molar-refractivity contribution in [3.05, 3.63) is 40.7 Å². The van der Waals surface area contributed by atoms with Crippen molar-refractivity contribution < 1.29 is 9.90 Å². The van der Waals surface area contributed by atoms with Crippen molar-refractivity contribution in [1.29, 1.82) is 0 Å². The SMILES string of the molecule is CC(=O)CCc1cc(-n2nc3c(n2)CCC=C3)c(O)c(C(C)(C)C)c1. The molecule has 1 aromatic carbocycles. The lowest BCUT2D eigenvalue weighted by Crippen LogP contribution is -2.14. The Morgan fingerprint density at radius 3 is 2.68 bits per heavy atom. The van der Waals surface area contributed by atoms with E-state index in [4.69, 9.17) is 0 Å². The maximum atomic E-state index is 11.4. The normalized spacial score (nSPS) is 13.8. The Bertz CT molecular complexity index is 841. The highest BCUT2D eigenvalue weighted by Gasteiger charge is 2.24. The van der Waals surface area contributed by atoms with Gasteiger partial charge in [0.25, 0.3) is 0 Å². The molecule has 1 aromatic heterocycles. The summed E-state index contributed by atoms with van der Waals surface area (Å²) in [7, 11) is 0. The molecule has 0 saturated heterocycles. The summed E-state index contributed by atoms with van der Waals surface area (Å²) in [5.41, 5.74) is 4.02. The third kappa shape index (κ3) is 3.65. The van der Waals surface area contributed by atoms with Crippen LogP contribution in [-0.4, -0.2) is 25.9 Å². The number of aromatic nitrogens is 3. The molecule has 0 fully saturated rings. The van der Waals surface area contributed by atoms with Crippen molar-refractivity contribution in [2.24, 2.45) is 0 Å². The van der Waals surface area contributed by atoms with E-state index in [0.29, 0.717) is 18.5 Å². The van der Waals surface area contributed by atoms with Crippen molar-refractivity contribution in [1.82, 2.24) is 15.0 Å². The molecule has 0 aliphatic heterocycles. The van der Waals surface area contributed by atoms with Gasteiger partial charge in [-0.15, -0.1) is 9.90 Å². The number of nitrogens with zero attached hydrogens (tertiary/aromatic N) is 3. The van der Waals surface area contributed by atoms with Gasteiger partial charge in [0.05, 0.1) is 5.69 Å². The van der Waals surface area contributed by atoms with Crippen LogP contribution in [0.1, 0.15) is 63.1 Å². The predicted molar refractivity (Wildman–Crippen MR) is 98.1 cm³/mol. The van der Waals surface area contributed by atoms with Crippen molar-refractivity contribution in [3.8, 4) is 11.4 Å². The number of ketones is 1. The maximum Gasteiger partial charge on any atom is 0.146 e. The number of aryl methyl sites for hydroxylation is 2. The minimum Gasteiger partial charge on any atom is -0.505 e. The first kappa shape index (κ1) is 17.4. The Kier molecular flexibility index (Phi) is 4.50. The molecule has 1 aliphatic rings. The van der Waals surface area contributed by atoms with Crippen molar-refractivity contribution >= 4 is 11.9 Å². The van der Waals surface area contributed by atoms with E-state index in [1.54, 1.807) is 6.92 Å². The molecular weight excluding hydrogens is 314 g/mol. The summed E-state index contributed by atoms with van der Waals surface area (Å²) in [6.07, 6.45) is 7.02. The van der Waals surface area contributed by atoms with Gasteiger partial charge in [-0.05, 0) is 49.3 Å². The summed E-state index contributed by atoms with van der Waals surface area (Å²) in [6.45, 7) is 7.78. The highest BCUT2D eigenvalue weighted by Crippen LogP contribution is 2.36. The third-order valence-corrected chi connectivity index (χ3v) is 4.48. The lowest BCUT2D eigenvalue weighted by molar-refractivity contribution is -0.116. The lowest BCUT2D eigenvalue weighted by Gasteiger charge is -2.23. The number of carbonyl (C=O) groups is 1. The molecule has 0 bridgehead atoms. The zero-order valence-electron chi connectivity index (χ0n) is 15.3. The van der Waals surface area contributed by atoms with E-state index < -0.39 is 0 Å². The highest BCUT2D eigenvalue weighted by atomic mass is 16.3. The molecule has 25 heavy (non-hydrogen) atoms. The second kappa shape index (κ2) is 6.47. The van der Waals surface area contributed by atoms with Crippen LogP contribution in [0.3, 0.4) is 0 Å². The fourth-order valence-electron chi connectivity index (χ4n) is 3.04. The summed E-state index contributed by atoms with van der Waals surface area (Å²) < 4.78 is 0. The number of hydrogen-bond donors (Lipinski definition) is 1. The average Bonchev–Trinajstić information content (AvgIpc) is 2.96. The van der Waals surface area contributed by atoms with Crippen LogP contribution in [0.15, 0.2) is 18.2 Å². The molecule has 1 N–H and O–H groups in total. The van der Waals surface area contributed by atoms with Crippen molar-refractivity contribution in [2.45, 2.75) is 58.8 Å². The van der Waals surface area contributed by atoms with Crippen LogP contribution in [-0.2, 0) is 23.1 Å². The van der Waals surface area contributed by atoms with E-state index in [9.17, 15) is 9.90 Å². The van der Waals surface area contributed by atoms with Gasteiger partial charge in [0.2, 0.25) is 0 Å². The largest absolute Gasteiger partial charge is 0.505 e. The maximum absolute atomic E-state index is 11.4. The van der Waals surface area contributed by atoms with Crippen LogP contribution in [0.5, 0.6) is 5.75 Å². The standard InChI is InChI=1S/C20H25N3O2/c1-13(24)9-10-14-11-15(20(2,3)4)19(25)18(12-14)23-21-16-7-5-6-8-17(16)22-23/h5,7,11-12,25H,6,8-10H2,1-4H3. The predicted octanol–water partition coefficient (Wildman–Crippen LogP) is 3.75. The number of rotatable bonds is 4. The van der Waals surface area contributed by atoms with Crippen LogP contribution < -0.4 is 0 Å². The number of carbonyl (C=O) groups excluding carboxylic acids is 1. The summed E-state index contributed by atoms with van der Waals surface area (Å²) in [5.74, 6) is 0.361. The average molecular weight is 339 g/mol. The molecule has 2 aromatic rings. The van der Waals surface area contributed by atoms with Gasteiger partial charge in [0.15, 0.2) is 0 Å². The lowest BCUT2D eigenvalue weighted by atomic mass is 9.84. The molecule has 5 heteroatoms. The van der Waals surface area contributed by atoms with E-state index in [0.717, 1.165) is 35.4 Å². The molecule has 0 spiro atoms. The van der Waals surface area contributed by atoms with Gasteiger partial charge in [-0.1, -0.05) is 32.9 Å². The van der Waals surface area contributed by atoms with E-state index in [-0.39, 0.29) is 16.9 Å². The van der Waals surface area contributed by atoms with E-state index in [1.807, 2.05) is 18.2 Å². The molecule has 0 amide bonds. The smallest absolute Gasteiger partial charge is 0.146 e. The molecular formula is C20H25N3O2. The number of benzene rings is 1. The third-order valence-electron chi connectivity index (χ3n) is 4.48. The Labute approximate surface area is 148 Å². The minimum absolute atomic E-state index is 0.157. The van der Waals surface area contributed by atoms with Crippen molar-refractivity contribution in [2.75, 3.05) is 0 Å². The van der Waals surface area contributed by atoms with Crippen LogP contribution in [0.2, 0.25) is 0 Å². The fourth-order valence-corrected chi connectivity index (χ4v) is 3.04. The summed E-state index contributed by atoms with van der Waals surface area (Å²) >= 11 is 0. The van der Waals surface area contributed by atoms with Gasteiger partial charge < -0.3 is 9.90 Å². The Balaban J connectivity index is 2.10. The van der Waals surface area contributed by atoms with Gasteiger partial charge in [-0.2, -0.15) is 5.10 Å². The first-order valence-corrected chi connectivity index (χ1v) is 8.74. The molecule has 0 saturated carbocycles. The summed E-state index contributed by atoms with van der Waals surface area (Å²) in [6, 6.07) is 3.88. The topological polar surface area (TPSA) is 68.0 Å². The van der Waals surface area contributed by atoms with Crippen LogP contribution >= 0.6 is 0 Å². The number of hydrogen-bond acceptors (Lipinski definition) is 4. The monoisotopic (exact) mass is 339 g/mol. The molecule has 0 atom stereocenters. The van der Waals surface area contributed by atoms with E-state index >= 15 is 0 Å². The van der Waals surface area contributed by atoms with Crippen LogP contribution in [0.4, 0.5) is 0 Å². The zero-order chi connectivity index (χ0) is 18.2. The van der Waals surface area contributed by atoms with Crippen LogP contribution in [0.25, 0.3) is 11.8 Å². The minimum atomic E-state index is -0.224. The molecule has 0 radical (unpaired) electrons. The molecule has 0 unspecified atom stereocenters. The second-order valence-electron chi connectivity index (χ2n) is 7.73. The fraction of sp³-hybridized carbons (Fsp3) is 0.450. The number of fused-ring (bicyclic) bond motifs is 1. The summed E-state index contributed by atoms with van der Waals surface area (Å²) in [4.78, 5) is 12.9. The first-order valence-electron chi connectivity index (χ1n) is 8.74. The second-order valence-corrected chi connectivity index (χ2v) is 7.73. The Morgan fingerprint density at radius 2 is 2.04 bits per heavy atom. The quantitative estimate of drug-likeness (QED) is 0.921. The van der Waals surface area contributed by atoms with E-state index in [2.05, 4.69) is 37.0 Å². The number of phenols is 1. The molecule has 132 valence electrons. The molecule has 1 aliphatic carbocycles. The van der Waals surface area contributed by atoms with Gasteiger partial charge in [0, 0.05) is 12.0 Å². The number of aromatic hydroxyl groups is 1. The number of allylic oxidation sites excluding steroid dienone is 1. The first-order chi connectivity index (χ1) is 11.8. The Hall–Kier alpha value is -2.43. The van der Waals surface area contributed by atoms with Gasteiger partial charge in [-0.3, -0.25) is 0 Å². The van der Waals surface area contributed by atoms with Crippen LogP contribution in [0, 0.1) is 0 Å². The van der Waals surface area contributed by atoms with E-state index in [1.165, 1.54) is 4.80 Å². The Morgan fingerprint density at radius 1 is 1.28 bits per heavy atom. The molecule has 1 heterocycles. The summed E-state index contributed by atoms with van der Waals surface area (Å²) in [5, 5.41) is 20.0. The van der Waals surface area contributed by atoms with Gasteiger partial charge >= 0.3 is 0 Å². The van der Waals surface area contributed by atoms with Gasteiger partial charge in [-0.25, -0.2) is 0 Å². The molecule has 3 rings (SSSR count). The highest BCUT2D eigenvalue weighted by molar-refractivity contribution is 5.75. The van der Waals surface area contributed by atoms with Gasteiger partial charge in [0.1, 0.15) is 22.9 Å². The van der Waals surface area contributed by atoms with Crippen molar-refractivity contribution in [3.63, 3.8) is 0 Å². The molecule has 5 nitrogen and oxygen atoms in total. The number of phenolic OH excluding ortho intramolecular Hbond substituents is 1. The number of Topliss-reactive ketones (excluding diaryl/α,β-unsaturated/α-hetero) is 1. The zero-order valence-corrected chi connectivity index (χ0v) is 15.3.